The first-order chi connectivity index (χ1) is 9.15. The highest BCUT2D eigenvalue weighted by Crippen LogP contribution is 2.22. The second kappa shape index (κ2) is 5.56. The molecule has 98 valence electrons. The van der Waals surface area contributed by atoms with Crippen molar-refractivity contribution >= 4 is 18.1 Å². The van der Waals surface area contributed by atoms with E-state index in [1.165, 1.54) is 0 Å². The molecule has 1 aliphatic rings. The second-order valence-corrected chi connectivity index (χ2v) is 4.16. The molecule has 0 atom stereocenters. The number of benzene rings is 1. The van der Waals surface area contributed by atoms with Gasteiger partial charge >= 0.3 is 0 Å². The summed E-state index contributed by atoms with van der Waals surface area (Å²) in [6.45, 7) is 0.217. The van der Waals surface area contributed by atoms with Crippen LogP contribution in [0.3, 0.4) is 0 Å². The topological polar surface area (TPSA) is 54.5 Å². The van der Waals surface area contributed by atoms with Crippen molar-refractivity contribution in [3.63, 3.8) is 0 Å². The van der Waals surface area contributed by atoms with Gasteiger partial charge in [-0.15, -0.1) is 0 Å². The number of aldehydes is 1. The van der Waals surface area contributed by atoms with Crippen LogP contribution in [-0.2, 0) is 4.79 Å². The van der Waals surface area contributed by atoms with Crippen LogP contribution in [0.5, 0.6) is 0 Å². The Hall–Kier alpha value is -2.30. The molecule has 0 N–H and O–H groups in total. The highest BCUT2D eigenvalue weighted by atomic mass is 19.1. The Labute approximate surface area is 109 Å². The smallest absolute Gasteiger partial charge is 0.261 e. The molecule has 5 heteroatoms. The minimum atomic E-state index is -0.831. The Balaban J connectivity index is 1.99. The minimum absolute atomic E-state index is 0.127. The molecule has 0 aromatic heterocycles. The molecule has 0 spiro atoms. The molecule has 0 bridgehead atoms. The largest absolute Gasteiger partial charge is 0.295 e. The summed E-state index contributed by atoms with van der Waals surface area (Å²) in [5, 5.41) is 0. The molecule has 0 saturated carbocycles. The first-order valence-electron chi connectivity index (χ1n) is 5.91. The van der Waals surface area contributed by atoms with Crippen LogP contribution in [0.4, 0.5) is 4.39 Å². The predicted molar refractivity (Wildman–Crippen MR) is 66.3 cm³/mol. The average molecular weight is 261 g/mol. The van der Waals surface area contributed by atoms with E-state index in [0.717, 1.165) is 11.0 Å². The van der Waals surface area contributed by atoms with Gasteiger partial charge < -0.3 is 0 Å². The maximum absolute atomic E-state index is 12.5. The van der Waals surface area contributed by atoms with Crippen molar-refractivity contribution < 1.29 is 18.8 Å². The molecule has 0 radical (unpaired) electrons. The molecule has 1 heterocycles. The summed E-state index contributed by atoms with van der Waals surface area (Å²) in [5.74, 6) is -1.47. The van der Waals surface area contributed by atoms with Gasteiger partial charge in [-0.3, -0.25) is 19.3 Å². The van der Waals surface area contributed by atoms with Crippen molar-refractivity contribution in [3.05, 3.63) is 47.3 Å². The zero-order chi connectivity index (χ0) is 13.8. The molecule has 0 aliphatic carbocycles. The van der Waals surface area contributed by atoms with Gasteiger partial charge in [0.1, 0.15) is 0 Å². The number of carbonyl (C=O) groups is 3. The lowest BCUT2D eigenvalue weighted by atomic mass is 10.1. The molecule has 2 rings (SSSR count). The van der Waals surface area contributed by atoms with Crippen LogP contribution in [0.2, 0.25) is 0 Å². The van der Waals surface area contributed by atoms with Crippen LogP contribution in [0.25, 0.3) is 0 Å². The summed E-state index contributed by atoms with van der Waals surface area (Å²) in [6, 6.07) is 6.63. The Bertz CT molecular complexity index is 531. The van der Waals surface area contributed by atoms with Gasteiger partial charge in [-0.2, -0.15) is 0 Å². The average Bonchev–Trinajstić information content (AvgIpc) is 2.68. The molecule has 0 fully saturated rings. The number of fused-ring (bicyclic) bond motifs is 1. The number of hydrogen-bond acceptors (Lipinski definition) is 3. The summed E-state index contributed by atoms with van der Waals surface area (Å²) in [4.78, 5) is 35.1. The van der Waals surface area contributed by atoms with E-state index >= 15 is 0 Å². The lowest BCUT2D eigenvalue weighted by Gasteiger charge is -2.12. The van der Waals surface area contributed by atoms with Gasteiger partial charge in [-0.05, 0) is 31.1 Å². The number of nitrogens with zero attached hydrogens (tertiary/aromatic N) is 1. The zero-order valence-electron chi connectivity index (χ0n) is 10.1. The first kappa shape index (κ1) is 13.1. The standard InChI is InChI=1S/C14H12FNO3/c15-10(9-17)5-3-4-8-16-13(18)11-6-1-2-7-12(11)14(16)19/h1-2,5-7,9H,3-4,8H2/b10-5+. The van der Waals surface area contributed by atoms with Crippen molar-refractivity contribution in [3.8, 4) is 0 Å². The normalized spacial score (nSPS) is 14.8. The summed E-state index contributed by atoms with van der Waals surface area (Å²) < 4.78 is 12.5. The van der Waals surface area contributed by atoms with Crippen LogP contribution in [0.1, 0.15) is 33.6 Å². The molecule has 0 saturated heterocycles. The Morgan fingerprint density at radius 2 is 1.74 bits per heavy atom. The first-order valence-corrected chi connectivity index (χ1v) is 5.91. The fraction of sp³-hybridized carbons (Fsp3) is 0.214. The molecule has 1 aliphatic heterocycles. The van der Waals surface area contributed by atoms with Crippen molar-refractivity contribution in [2.45, 2.75) is 12.8 Å². The summed E-state index contributed by atoms with van der Waals surface area (Å²) in [6.07, 6.45) is 2.00. The third kappa shape index (κ3) is 2.59. The third-order valence-corrected chi connectivity index (χ3v) is 2.92. The molecule has 4 nitrogen and oxygen atoms in total. The van der Waals surface area contributed by atoms with Gasteiger partial charge in [0.05, 0.1) is 11.1 Å². The minimum Gasteiger partial charge on any atom is -0.295 e. The number of hydrogen-bond donors (Lipinski definition) is 0. The number of unbranched alkanes of at least 4 members (excludes halogenated alkanes) is 1. The number of rotatable bonds is 5. The quantitative estimate of drug-likeness (QED) is 0.353. The van der Waals surface area contributed by atoms with Crippen molar-refractivity contribution in [1.82, 2.24) is 4.90 Å². The van der Waals surface area contributed by atoms with Crippen LogP contribution in [0, 0.1) is 0 Å². The highest BCUT2D eigenvalue weighted by Gasteiger charge is 2.34. The van der Waals surface area contributed by atoms with E-state index in [1.54, 1.807) is 24.3 Å². The lowest BCUT2D eigenvalue weighted by Crippen LogP contribution is -2.30. The Morgan fingerprint density at radius 3 is 2.26 bits per heavy atom. The highest BCUT2D eigenvalue weighted by molar-refractivity contribution is 6.21. The van der Waals surface area contributed by atoms with Gasteiger partial charge in [0, 0.05) is 6.54 Å². The maximum Gasteiger partial charge on any atom is 0.261 e. The molecular weight excluding hydrogens is 249 g/mol. The number of carbonyl (C=O) groups excluding carboxylic acids is 3. The van der Waals surface area contributed by atoms with Crippen molar-refractivity contribution in [1.29, 1.82) is 0 Å². The lowest BCUT2D eigenvalue weighted by molar-refractivity contribution is -0.106. The summed E-state index contributed by atoms with van der Waals surface area (Å²) >= 11 is 0. The Morgan fingerprint density at radius 1 is 1.16 bits per heavy atom. The zero-order valence-corrected chi connectivity index (χ0v) is 10.1. The van der Waals surface area contributed by atoms with E-state index in [0.29, 0.717) is 24.0 Å². The third-order valence-electron chi connectivity index (χ3n) is 2.92. The van der Waals surface area contributed by atoms with Gasteiger partial charge in [0.25, 0.3) is 11.8 Å². The SMILES string of the molecule is O=C/C(F)=C\CCCN1C(=O)c2ccccc2C1=O. The van der Waals surface area contributed by atoms with Gasteiger partial charge in [-0.25, -0.2) is 4.39 Å². The second-order valence-electron chi connectivity index (χ2n) is 4.16. The molecule has 1 aromatic rings. The van der Waals surface area contributed by atoms with Crippen molar-refractivity contribution in [2.24, 2.45) is 0 Å². The predicted octanol–water partition coefficient (Wildman–Crippen LogP) is 2.12. The fourth-order valence-corrected chi connectivity index (χ4v) is 1.98. The van der Waals surface area contributed by atoms with Crippen molar-refractivity contribution in [2.75, 3.05) is 6.54 Å². The molecule has 19 heavy (non-hydrogen) atoms. The number of imide groups is 1. The molecule has 1 aromatic carbocycles. The van der Waals surface area contributed by atoms with Crippen LogP contribution in [0.15, 0.2) is 36.2 Å². The molecular formula is C14H12FNO3. The van der Waals surface area contributed by atoms with E-state index in [-0.39, 0.29) is 24.6 Å². The van der Waals surface area contributed by atoms with Gasteiger partial charge in [-0.1, -0.05) is 12.1 Å². The number of allylic oxidation sites excluding steroid dienone is 2. The Kier molecular flexibility index (Phi) is 3.85. The maximum atomic E-state index is 12.5. The van der Waals surface area contributed by atoms with E-state index in [9.17, 15) is 18.8 Å². The fourth-order valence-electron chi connectivity index (χ4n) is 1.98. The van der Waals surface area contributed by atoms with E-state index in [1.807, 2.05) is 0 Å². The van der Waals surface area contributed by atoms with E-state index < -0.39 is 5.83 Å². The van der Waals surface area contributed by atoms with Gasteiger partial charge in [0.2, 0.25) is 0 Å². The van der Waals surface area contributed by atoms with E-state index in [4.69, 9.17) is 0 Å². The van der Waals surface area contributed by atoms with Crippen LogP contribution >= 0.6 is 0 Å². The van der Waals surface area contributed by atoms with Crippen LogP contribution < -0.4 is 0 Å². The van der Waals surface area contributed by atoms with Crippen LogP contribution in [-0.4, -0.2) is 29.5 Å². The summed E-state index contributed by atoms with van der Waals surface area (Å²) in [5.41, 5.74) is 0.809. The van der Waals surface area contributed by atoms with Gasteiger partial charge in [0.15, 0.2) is 12.1 Å². The monoisotopic (exact) mass is 261 g/mol. The van der Waals surface area contributed by atoms with E-state index in [2.05, 4.69) is 0 Å². The molecule has 2 amide bonds. The summed E-state index contributed by atoms with van der Waals surface area (Å²) in [7, 11) is 0. The molecule has 0 unspecified atom stereocenters. The number of amides is 2. The number of halogens is 1.